The lowest BCUT2D eigenvalue weighted by molar-refractivity contribution is -0.114. The summed E-state index contributed by atoms with van der Waals surface area (Å²) in [5.41, 5.74) is 1.38. The van der Waals surface area contributed by atoms with Crippen LogP contribution < -0.4 is 15.5 Å². The molecule has 2 heterocycles. The van der Waals surface area contributed by atoms with E-state index in [2.05, 4.69) is 15.6 Å². The highest BCUT2D eigenvalue weighted by Crippen LogP contribution is 2.23. The summed E-state index contributed by atoms with van der Waals surface area (Å²) in [6.45, 7) is 2.19. The minimum atomic E-state index is -0.405. The van der Waals surface area contributed by atoms with Crippen molar-refractivity contribution in [3.05, 3.63) is 35.3 Å². The maximum atomic E-state index is 12.2. The molecule has 1 aromatic carbocycles. The van der Waals surface area contributed by atoms with Gasteiger partial charge in [-0.25, -0.2) is 9.78 Å². The highest BCUT2D eigenvalue weighted by atomic mass is 32.1. The zero-order valence-electron chi connectivity index (χ0n) is 12.7. The molecule has 1 aliphatic rings. The molecule has 124 valence electrons. The molecule has 1 saturated heterocycles. The van der Waals surface area contributed by atoms with Crippen molar-refractivity contribution < 1.29 is 19.1 Å². The van der Waals surface area contributed by atoms with Crippen LogP contribution in [-0.4, -0.2) is 36.0 Å². The minimum absolute atomic E-state index is 0.203. The second kappa shape index (κ2) is 6.67. The fraction of sp³-hybridized carbons (Fsp3) is 0.200. The number of hydrogen-bond donors (Lipinski definition) is 2. The zero-order valence-corrected chi connectivity index (χ0v) is 13.6. The first kappa shape index (κ1) is 15.9. The van der Waals surface area contributed by atoms with Crippen molar-refractivity contribution in [1.82, 2.24) is 4.98 Å². The molecule has 3 amide bonds. The number of rotatable bonds is 4. The van der Waals surface area contributed by atoms with E-state index in [1.807, 2.05) is 0 Å². The van der Waals surface area contributed by atoms with E-state index in [0.717, 1.165) is 0 Å². The van der Waals surface area contributed by atoms with E-state index in [1.54, 1.807) is 29.6 Å². The Morgan fingerprint density at radius 1 is 1.33 bits per heavy atom. The summed E-state index contributed by atoms with van der Waals surface area (Å²) < 4.78 is 4.90. The van der Waals surface area contributed by atoms with E-state index in [4.69, 9.17) is 4.74 Å². The van der Waals surface area contributed by atoms with Gasteiger partial charge in [0.2, 0.25) is 5.91 Å². The molecule has 0 saturated carbocycles. The summed E-state index contributed by atoms with van der Waals surface area (Å²) in [5.74, 6) is -0.648. The molecule has 1 aliphatic heterocycles. The summed E-state index contributed by atoms with van der Waals surface area (Å²) >= 11 is 1.17. The molecule has 2 N–H and O–H groups in total. The Morgan fingerprint density at radius 2 is 2.17 bits per heavy atom. The van der Waals surface area contributed by atoms with Crippen molar-refractivity contribution in [1.29, 1.82) is 0 Å². The van der Waals surface area contributed by atoms with Gasteiger partial charge < -0.3 is 15.4 Å². The Bertz CT molecular complexity index is 804. The average molecular weight is 346 g/mol. The van der Waals surface area contributed by atoms with Gasteiger partial charge in [-0.05, 0) is 18.2 Å². The van der Waals surface area contributed by atoms with Crippen LogP contribution in [0, 0.1) is 0 Å². The Labute approximate surface area is 141 Å². The Morgan fingerprint density at radius 3 is 2.88 bits per heavy atom. The van der Waals surface area contributed by atoms with E-state index >= 15 is 0 Å². The van der Waals surface area contributed by atoms with Gasteiger partial charge in [0.15, 0.2) is 5.13 Å². The van der Waals surface area contributed by atoms with E-state index in [9.17, 15) is 14.4 Å². The number of nitrogens with zero attached hydrogens (tertiary/aromatic N) is 2. The molecular formula is C15H14N4O4S. The molecule has 0 unspecified atom stereocenters. The number of benzene rings is 1. The van der Waals surface area contributed by atoms with Crippen molar-refractivity contribution in [3.63, 3.8) is 0 Å². The molecule has 1 aromatic heterocycles. The number of carbonyl (C=O) groups excluding carboxylic acids is 3. The van der Waals surface area contributed by atoms with Gasteiger partial charge in [0.1, 0.15) is 12.3 Å². The maximum Gasteiger partial charge on any atom is 0.414 e. The number of thiazole rings is 1. The number of amides is 3. The van der Waals surface area contributed by atoms with Crippen LogP contribution in [0.15, 0.2) is 29.6 Å². The Hall–Kier alpha value is -2.94. The van der Waals surface area contributed by atoms with E-state index in [-0.39, 0.29) is 11.6 Å². The molecule has 0 atom stereocenters. The summed E-state index contributed by atoms with van der Waals surface area (Å²) in [7, 11) is 0. The molecular weight excluding hydrogens is 332 g/mol. The normalized spacial score (nSPS) is 13.5. The number of cyclic esters (lactones) is 1. The average Bonchev–Trinajstić information content (AvgIpc) is 3.16. The lowest BCUT2D eigenvalue weighted by Crippen LogP contribution is -2.23. The second-order valence-corrected chi connectivity index (χ2v) is 5.85. The zero-order chi connectivity index (χ0) is 17.1. The number of nitrogens with one attached hydrogen (secondary N) is 2. The molecule has 0 spiro atoms. The summed E-state index contributed by atoms with van der Waals surface area (Å²) in [6, 6.07) is 6.90. The minimum Gasteiger partial charge on any atom is -0.447 e. The SMILES string of the molecule is CC(=O)Nc1nc(C(=O)Nc2cccc(N3CCOC3=O)c2)cs1. The topological polar surface area (TPSA) is 101 Å². The van der Waals surface area contributed by atoms with Gasteiger partial charge in [0, 0.05) is 23.7 Å². The Balaban J connectivity index is 1.71. The fourth-order valence-electron chi connectivity index (χ4n) is 2.16. The molecule has 2 aromatic rings. The van der Waals surface area contributed by atoms with Crippen LogP contribution in [0.5, 0.6) is 0 Å². The lowest BCUT2D eigenvalue weighted by atomic mass is 10.2. The predicted octanol–water partition coefficient (Wildman–Crippen LogP) is 2.31. The third-order valence-corrected chi connectivity index (χ3v) is 3.95. The molecule has 0 radical (unpaired) electrons. The molecule has 9 heteroatoms. The van der Waals surface area contributed by atoms with Gasteiger partial charge in [-0.2, -0.15) is 0 Å². The summed E-state index contributed by atoms with van der Waals surface area (Å²) in [4.78, 5) is 40.3. The third-order valence-electron chi connectivity index (χ3n) is 3.20. The van der Waals surface area contributed by atoms with Crippen LogP contribution in [0.25, 0.3) is 0 Å². The Kier molecular flexibility index (Phi) is 4.43. The highest BCUT2D eigenvalue weighted by Gasteiger charge is 2.23. The first-order chi connectivity index (χ1) is 11.5. The van der Waals surface area contributed by atoms with Crippen LogP contribution in [0.3, 0.4) is 0 Å². The summed E-state index contributed by atoms with van der Waals surface area (Å²) in [5, 5.41) is 7.16. The van der Waals surface area contributed by atoms with Crippen LogP contribution >= 0.6 is 11.3 Å². The van der Waals surface area contributed by atoms with Crippen molar-refractivity contribution in [3.8, 4) is 0 Å². The van der Waals surface area contributed by atoms with Gasteiger partial charge in [-0.15, -0.1) is 11.3 Å². The van der Waals surface area contributed by atoms with E-state index in [0.29, 0.717) is 29.7 Å². The van der Waals surface area contributed by atoms with Crippen LogP contribution in [0.4, 0.5) is 21.3 Å². The van der Waals surface area contributed by atoms with Crippen molar-refractivity contribution in [2.45, 2.75) is 6.92 Å². The molecule has 1 fully saturated rings. The van der Waals surface area contributed by atoms with Crippen LogP contribution in [-0.2, 0) is 9.53 Å². The van der Waals surface area contributed by atoms with E-state index in [1.165, 1.54) is 23.2 Å². The van der Waals surface area contributed by atoms with Gasteiger partial charge in [-0.1, -0.05) is 6.07 Å². The van der Waals surface area contributed by atoms with Gasteiger partial charge in [-0.3, -0.25) is 14.5 Å². The first-order valence-corrected chi connectivity index (χ1v) is 8.00. The third kappa shape index (κ3) is 3.51. The van der Waals surface area contributed by atoms with Crippen LogP contribution in [0.2, 0.25) is 0 Å². The number of hydrogen-bond acceptors (Lipinski definition) is 6. The smallest absolute Gasteiger partial charge is 0.414 e. The monoisotopic (exact) mass is 346 g/mol. The number of anilines is 3. The molecule has 0 bridgehead atoms. The lowest BCUT2D eigenvalue weighted by Gasteiger charge is -2.14. The maximum absolute atomic E-state index is 12.2. The largest absolute Gasteiger partial charge is 0.447 e. The second-order valence-electron chi connectivity index (χ2n) is 4.99. The molecule has 0 aliphatic carbocycles. The summed E-state index contributed by atoms with van der Waals surface area (Å²) in [6.07, 6.45) is -0.405. The fourth-order valence-corrected chi connectivity index (χ4v) is 2.90. The van der Waals surface area contributed by atoms with Crippen molar-refractivity contribution in [2.75, 3.05) is 28.7 Å². The van der Waals surface area contributed by atoms with Crippen molar-refractivity contribution in [2.24, 2.45) is 0 Å². The van der Waals surface area contributed by atoms with Crippen molar-refractivity contribution >= 4 is 45.8 Å². The molecule has 3 rings (SSSR count). The molecule has 8 nitrogen and oxygen atoms in total. The van der Waals surface area contributed by atoms with Gasteiger partial charge in [0.05, 0.1) is 6.54 Å². The quantitative estimate of drug-likeness (QED) is 0.885. The number of aromatic nitrogens is 1. The van der Waals surface area contributed by atoms with Gasteiger partial charge in [0.25, 0.3) is 5.91 Å². The standard InChI is InChI=1S/C15H14N4O4S/c1-9(20)16-14-18-12(8-24-14)13(21)17-10-3-2-4-11(7-10)19-5-6-23-15(19)22/h2-4,7-8H,5-6H2,1H3,(H,17,21)(H,16,18,20). The van der Waals surface area contributed by atoms with Crippen LogP contribution in [0.1, 0.15) is 17.4 Å². The molecule has 24 heavy (non-hydrogen) atoms. The first-order valence-electron chi connectivity index (χ1n) is 7.12. The number of carbonyl (C=O) groups is 3. The highest BCUT2D eigenvalue weighted by molar-refractivity contribution is 7.14. The predicted molar refractivity (Wildman–Crippen MR) is 89.5 cm³/mol. The van der Waals surface area contributed by atoms with E-state index < -0.39 is 12.0 Å². The number of ether oxygens (including phenoxy) is 1. The van der Waals surface area contributed by atoms with Gasteiger partial charge >= 0.3 is 6.09 Å².